The van der Waals surface area contributed by atoms with E-state index in [0.29, 0.717) is 12.0 Å². The minimum Gasteiger partial charge on any atom is -0.393 e. The van der Waals surface area contributed by atoms with Crippen molar-refractivity contribution in [2.24, 2.45) is 11.8 Å². The second-order valence-electron chi connectivity index (χ2n) is 5.29. The van der Waals surface area contributed by atoms with Crippen molar-refractivity contribution in [1.82, 2.24) is 0 Å². The maximum absolute atomic E-state index is 9.99. The largest absolute Gasteiger partial charge is 0.393 e. The number of rotatable bonds is 3. The van der Waals surface area contributed by atoms with Crippen molar-refractivity contribution in [1.29, 1.82) is 0 Å². The molecule has 1 saturated heterocycles. The molecule has 4 atom stereocenters. The van der Waals surface area contributed by atoms with Gasteiger partial charge in [0.25, 0.3) is 0 Å². The van der Waals surface area contributed by atoms with Crippen LogP contribution in [0.5, 0.6) is 0 Å². The van der Waals surface area contributed by atoms with Crippen LogP contribution >= 0.6 is 0 Å². The third-order valence-corrected chi connectivity index (χ3v) is 4.22. The normalized spacial score (nSPS) is 42.0. The topological polar surface area (TPSA) is 29.5 Å². The van der Waals surface area contributed by atoms with Crippen molar-refractivity contribution in [2.75, 3.05) is 6.61 Å². The lowest BCUT2D eigenvalue weighted by molar-refractivity contribution is 0.00806. The molecule has 0 spiro atoms. The first-order valence-corrected chi connectivity index (χ1v) is 6.59. The summed E-state index contributed by atoms with van der Waals surface area (Å²) in [5.74, 6) is 1.35. The van der Waals surface area contributed by atoms with Crippen LogP contribution in [0.1, 0.15) is 51.9 Å². The number of hydrogen-bond donors (Lipinski definition) is 1. The fourth-order valence-electron chi connectivity index (χ4n) is 3.14. The molecule has 15 heavy (non-hydrogen) atoms. The van der Waals surface area contributed by atoms with Crippen molar-refractivity contribution in [2.45, 2.75) is 64.1 Å². The number of aliphatic hydroxyl groups is 1. The van der Waals surface area contributed by atoms with Crippen molar-refractivity contribution < 1.29 is 9.84 Å². The van der Waals surface area contributed by atoms with Gasteiger partial charge in [0.15, 0.2) is 0 Å². The highest BCUT2D eigenvalue weighted by atomic mass is 16.5. The molecule has 2 rings (SSSR count). The number of aliphatic hydroxyl groups excluding tert-OH is 1. The molecule has 0 amide bonds. The van der Waals surface area contributed by atoms with Crippen LogP contribution in [0, 0.1) is 11.8 Å². The molecule has 1 saturated carbocycles. The molecule has 0 aromatic heterocycles. The number of hydrogen-bond acceptors (Lipinski definition) is 2. The van der Waals surface area contributed by atoms with Crippen molar-refractivity contribution in [3.8, 4) is 0 Å². The molecule has 88 valence electrons. The van der Waals surface area contributed by atoms with Gasteiger partial charge in [-0.2, -0.15) is 0 Å². The molecule has 2 fully saturated rings. The SMILES string of the molecule is CCC1CCC(O)C(CC2CCCO2)C1. The molecular weight excluding hydrogens is 188 g/mol. The Morgan fingerprint density at radius 2 is 2.13 bits per heavy atom. The van der Waals surface area contributed by atoms with Gasteiger partial charge in [-0.25, -0.2) is 0 Å². The van der Waals surface area contributed by atoms with E-state index in [0.717, 1.165) is 25.4 Å². The van der Waals surface area contributed by atoms with E-state index in [9.17, 15) is 5.11 Å². The molecule has 0 radical (unpaired) electrons. The van der Waals surface area contributed by atoms with Crippen LogP contribution in [-0.2, 0) is 4.74 Å². The summed E-state index contributed by atoms with van der Waals surface area (Å²) in [5.41, 5.74) is 0. The molecule has 1 N–H and O–H groups in total. The third kappa shape index (κ3) is 2.94. The first-order valence-electron chi connectivity index (χ1n) is 6.59. The first-order chi connectivity index (χ1) is 7.29. The Balaban J connectivity index is 1.82. The summed E-state index contributed by atoms with van der Waals surface area (Å²) in [4.78, 5) is 0. The summed E-state index contributed by atoms with van der Waals surface area (Å²) < 4.78 is 5.66. The second-order valence-corrected chi connectivity index (χ2v) is 5.29. The minimum atomic E-state index is -0.0583. The van der Waals surface area contributed by atoms with Crippen LogP contribution in [0.2, 0.25) is 0 Å². The Kier molecular flexibility index (Phi) is 4.04. The average molecular weight is 212 g/mol. The lowest BCUT2D eigenvalue weighted by atomic mass is 9.76. The Hall–Kier alpha value is -0.0800. The summed E-state index contributed by atoms with van der Waals surface area (Å²) in [6.45, 7) is 3.20. The molecule has 4 unspecified atom stereocenters. The van der Waals surface area contributed by atoms with Crippen LogP contribution in [0.15, 0.2) is 0 Å². The van der Waals surface area contributed by atoms with Crippen LogP contribution in [0.25, 0.3) is 0 Å². The Labute approximate surface area is 93.0 Å². The molecule has 1 aliphatic carbocycles. The van der Waals surface area contributed by atoms with Crippen molar-refractivity contribution in [3.63, 3.8) is 0 Å². The average Bonchev–Trinajstić information content (AvgIpc) is 2.74. The predicted octanol–water partition coefficient (Wildman–Crippen LogP) is 2.74. The highest BCUT2D eigenvalue weighted by Crippen LogP contribution is 2.35. The Morgan fingerprint density at radius 3 is 2.80 bits per heavy atom. The second kappa shape index (κ2) is 5.31. The van der Waals surface area contributed by atoms with Gasteiger partial charge in [0.1, 0.15) is 0 Å². The molecular formula is C13H24O2. The van der Waals surface area contributed by atoms with E-state index >= 15 is 0 Å². The molecule has 1 aliphatic heterocycles. The molecule has 0 aromatic carbocycles. The van der Waals surface area contributed by atoms with E-state index in [4.69, 9.17) is 4.74 Å². The van der Waals surface area contributed by atoms with Crippen LogP contribution in [-0.4, -0.2) is 23.9 Å². The highest BCUT2D eigenvalue weighted by Gasteiger charge is 2.31. The van der Waals surface area contributed by atoms with Gasteiger partial charge in [-0.15, -0.1) is 0 Å². The zero-order valence-electron chi connectivity index (χ0n) is 9.82. The summed E-state index contributed by atoms with van der Waals surface area (Å²) >= 11 is 0. The minimum absolute atomic E-state index is 0.0583. The van der Waals surface area contributed by atoms with Gasteiger partial charge < -0.3 is 9.84 Å². The molecule has 2 nitrogen and oxygen atoms in total. The molecule has 0 bridgehead atoms. The van der Waals surface area contributed by atoms with Crippen LogP contribution in [0.3, 0.4) is 0 Å². The van der Waals surface area contributed by atoms with E-state index in [1.54, 1.807) is 0 Å². The zero-order valence-corrected chi connectivity index (χ0v) is 9.82. The predicted molar refractivity (Wildman–Crippen MR) is 60.7 cm³/mol. The molecule has 1 heterocycles. The van der Waals surface area contributed by atoms with Gasteiger partial charge in [-0.1, -0.05) is 13.3 Å². The van der Waals surface area contributed by atoms with E-state index in [1.165, 1.54) is 32.1 Å². The quantitative estimate of drug-likeness (QED) is 0.779. The van der Waals surface area contributed by atoms with Gasteiger partial charge >= 0.3 is 0 Å². The summed E-state index contributed by atoms with van der Waals surface area (Å²) in [7, 11) is 0. The van der Waals surface area contributed by atoms with Gasteiger partial charge in [0.2, 0.25) is 0 Å². The van der Waals surface area contributed by atoms with Gasteiger partial charge in [0.05, 0.1) is 12.2 Å². The molecule has 2 heteroatoms. The zero-order chi connectivity index (χ0) is 10.7. The monoisotopic (exact) mass is 212 g/mol. The molecule has 0 aromatic rings. The summed E-state index contributed by atoms with van der Waals surface area (Å²) in [5, 5.41) is 9.99. The fraction of sp³-hybridized carbons (Fsp3) is 1.00. The number of ether oxygens (including phenoxy) is 1. The van der Waals surface area contributed by atoms with E-state index in [-0.39, 0.29) is 6.10 Å². The standard InChI is InChI=1S/C13H24O2/c1-2-10-5-6-13(14)11(8-10)9-12-4-3-7-15-12/h10-14H,2-9H2,1H3. The van der Waals surface area contributed by atoms with Crippen LogP contribution in [0.4, 0.5) is 0 Å². The Morgan fingerprint density at radius 1 is 1.27 bits per heavy atom. The Bertz CT molecular complexity index is 187. The third-order valence-electron chi connectivity index (χ3n) is 4.22. The van der Waals surface area contributed by atoms with Gasteiger partial charge in [0, 0.05) is 6.61 Å². The smallest absolute Gasteiger partial charge is 0.0579 e. The lowest BCUT2D eigenvalue weighted by Gasteiger charge is -2.34. The van der Waals surface area contributed by atoms with E-state index in [2.05, 4.69) is 6.92 Å². The fourth-order valence-corrected chi connectivity index (χ4v) is 3.14. The highest BCUT2D eigenvalue weighted by molar-refractivity contribution is 4.82. The summed E-state index contributed by atoms with van der Waals surface area (Å²) in [6, 6.07) is 0. The molecule has 2 aliphatic rings. The lowest BCUT2D eigenvalue weighted by Crippen LogP contribution is -2.31. The summed E-state index contributed by atoms with van der Waals surface area (Å²) in [6.07, 6.45) is 8.63. The van der Waals surface area contributed by atoms with E-state index in [1.807, 2.05) is 0 Å². The van der Waals surface area contributed by atoms with Crippen molar-refractivity contribution in [3.05, 3.63) is 0 Å². The van der Waals surface area contributed by atoms with Crippen LogP contribution < -0.4 is 0 Å². The van der Waals surface area contributed by atoms with E-state index < -0.39 is 0 Å². The van der Waals surface area contributed by atoms with Gasteiger partial charge in [-0.05, 0) is 50.4 Å². The maximum Gasteiger partial charge on any atom is 0.0579 e. The van der Waals surface area contributed by atoms with Gasteiger partial charge in [-0.3, -0.25) is 0 Å². The first kappa shape index (κ1) is 11.4. The maximum atomic E-state index is 9.99. The van der Waals surface area contributed by atoms with Crippen molar-refractivity contribution >= 4 is 0 Å².